The number of nitrogens with two attached hydrogens (primary N) is 1. The lowest BCUT2D eigenvalue weighted by Crippen LogP contribution is -2.27. The molecular formula is C15H19N3O3S. The number of hydrogen-bond donors (Lipinski definition) is 2. The number of anilines is 2. The van der Waals surface area contributed by atoms with Gasteiger partial charge >= 0.3 is 6.09 Å². The maximum absolute atomic E-state index is 11.8. The summed E-state index contributed by atoms with van der Waals surface area (Å²) in [7, 11) is 1.56. The van der Waals surface area contributed by atoms with E-state index in [-0.39, 0.29) is 0 Å². The second kappa shape index (κ2) is 6.23. The maximum atomic E-state index is 11.8. The number of nitrogens with zero attached hydrogens (tertiary/aromatic N) is 1. The Morgan fingerprint density at radius 2 is 2.09 bits per heavy atom. The van der Waals surface area contributed by atoms with Crippen LogP contribution in [0.15, 0.2) is 23.6 Å². The number of benzene rings is 1. The summed E-state index contributed by atoms with van der Waals surface area (Å²) in [6.45, 7) is 5.43. The number of thiazole rings is 1. The molecule has 0 fully saturated rings. The van der Waals surface area contributed by atoms with Gasteiger partial charge in [-0.2, -0.15) is 0 Å². The number of aromatic nitrogens is 1. The van der Waals surface area contributed by atoms with Crippen molar-refractivity contribution < 1.29 is 14.3 Å². The lowest BCUT2D eigenvalue weighted by Gasteiger charge is -2.20. The van der Waals surface area contributed by atoms with Gasteiger partial charge in [0, 0.05) is 22.7 Å². The quantitative estimate of drug-likeness (QED) is 0.899. The van der Waals surface area contributed by atoms with E-state index in [1.807, 2.05) is 32.2 Å². The molecule has 0 atom stereocenters. The molecule has 0 aliphatic carbocycles. The number of carbonyl (C=O) groups excluding carboxylic acids is 1. The van der Waals surface area contributed by atoms with Crippen LogP contribution in [0.2, 0.25) is 0 Å². The van der Waals surface area contributed by atoms with E-state index in [0.29, 0.717) is 16.6 Å². The number of nitrogen functional groups attached to an aromatic ring is 1. The predicted octanol–water partition coefficient (Wildman–Crippen LogP) is 3.75. The van der Waals surface area contributed by atoms with Gasteiger partial charge in [-0.25, -0.2) is 9.78 Å². The fourth-order valence-corrected chi connectivity index (χ4v) is 2.38. The highest BCUT2D eigenvalue weighted by Gasteiger charge is 2.17. The van der Waals surface area contributed by atoms with Crippen LogP contribution in [0.5, 0.6) is 5.75 Å². The minimum Gasteiger partial charge on any atom is -0.496 e. The molecule has 0 unspecified atom stereocenters. The summed E-state index contributed by atoms with van der Waals surface area (Å²) in [6.07, 6.45) is -0.514. The number of amides is 1. The molecule has 118 valence electrons. The molecule has 0 saturated carbocycles. The van der Waals surface area contributed by atoms with Crippen LogP contribution in [-0.2, 0) is 4.74 Å². The lowest BCUT2D eigenvalue weighted by molar-refractivity contribution is 0.0636. The molecule has 0 bridgehead atoms. The molecule has 0 saturated heterocycles. The van der Waals surface area contributed by atoms with Gasteiger partial charge in [0.15, 0.2) is 5.13 Å². The first-order chi connectivity index (χ1) is 10.3. The van der Waals surface area contributed by atoms with Crippen LogP contribution in [0.3, 0.4) is 0 Å². The number of rotatable bonds is 3. The highest BCUT2D eigenvalue weighted by Crippen LogP contribution is 2.33. The Hall–Kier alpha value is -2.28. The monoisotopic (exact) mass is 321 g/mol. The van der Waals surface area contributed by atoms with Crippen LogP contribution in [0.1, 0.15) is 20.8 Å². The number of ether oxygens (including phenoxy) is 2. The number of methoxy groups -OCH3 is 1. The number of hydrogen-bond acceptors (Lipinski definition) is 6. The van der Waals surface area contributed by atoms with E-state index in [1.54, 1.807) is 19.2 Å². The molecule has 3 N–H and O–H groups in total. The van der Waals surface area contributed by atoms with Gasteiger partial charge in [-0.3, -0.25) is 5.32 Å². The van der Waals surface area contributed by atoms with E-state index in [2.05, 4.69) is 10.3 Å². The highest BCUT2D eigenvalue weighted by molar-refractivity contribution is 7.13. The van der Waals surface area contributed by atoms with E-state index >= 15 is 0 Å². The van der Waals surface area contributed by atoms with E-state index < -0.39 is 11.7 Å². The van der Waals surface area contributed by atoms with Gasteiger partial charge < -0.3 is 15.2 Å². The van der Waals surface area contributed by atoms with Gasteiger partial charge in [-0.15, -0.1) is 11.3 Å². The summed E-state index contributed by atoms with van der Waals surface area (Å²) in [5.41, 5.74) is 7.24. The van der Waals surface area contributed by atoms with Crippen LogP contribution in [0, 0.1) is 0 Å². The molecule has 7 heteroatoms. The molecule has 1 aromatic heterocycles. The number of nitrogens with one attached hydrogen (secondary N) is 1. The maximum Gasteiger partial charge on any atom is 0.412 e. The smallest absolute Gasteiger partial charge is 0.412 e. The van der Waals surface area contributed by atoms with Crippen molar-refractivity contribution >= 4 is 28.2 Å². The third kappa shape index (κ3) is 4.11. The summed E-state index contributed by atoms with van der Waals surface area (Å²) in [6, 6.07) is 5.30. The van der Waals surface area contributed by atoms with Gasteiger partial charge in [0.2, 0.25) is 0 Å². The Bertz CT molecular complexity index is 677. The summed E-state index contributed by atoms with van der Waals surface area (Å²) < 4.78 is 10.6. The third-order valence-electron chi connectivity index (χ3n) is 2.64. The first-order valence-electron chi connectivity index (χ1n) is 6.68. The Morgan fingerprint density at radius 1 is 1.36 bits per heavy atom. The molecule has 6 nitrogen and oxygen atoms in total. The molecule has 0 aliphatic rings. The van der Waals surface area contributed by atoms with Crippen molar-refractivity contribution in [2.75, 3.05) is 18.2 Å². The van der Waals surface area contributed by atoms with Crippen molar-refractivity contribution in [1.82, 2.24) is 4.98 Å². The van der Waals surface area contributed by atoms with Crippen LogP contribution < -0.4 is 15.8 Å². The Balaban J connectivity index is 2.21. The molecule has 22 heavy (non-hydrogen) atoms. The molecule has 0 radical (unpaired) electrons. The average Bonchev–Trinajstić information content (AvgIpc) is 2.82. The zero-order chi connectivity index (χ0) is 16.3. The molecule has 1 heterocycles. The number of carbonyl (C=O) groups is 1. The zero-order valence-electron chi connectivity index (χ0n) is 13.0. The van der Waals surface area contributed by atoms with Gasteiger partial charge in [0.25, 0.3) is 0 Å². The van der Waals surface area contributed by atoms with Gasteiger partial charge in [-0.05, 0) is 32.9 Å². The molecule has 2 rings (SSSR count). The summed E-state index contributed by atoms with van der Waals surface area (Å²) in [5.74, 6) is 0.596. The van der Waals surface area contributed by atoms with Crippen molar-refractivity contribution in [3.8, 4) is 17.0 Å². The molecule has 2 aromatic rings. The SMILES string of the molecule is COc1cc(NC(=O)OC(C)(C)C)ccc1-c1csc(N)n1. The van der Waals surface area contributed by atoms with Crippen molar-refractivity contribution in [2.45, 2.75) is 26.4 Å². The van der Waals surface area contributed by atoms with Gasteiger partial charge in [-0.1, -0.05) is 0 Å². The summed E-state index contributed by atoms with van der Waals surface area (Å²) in [4.78, 5) is 16.0. The molecule has 0 aliphatic heterocycles. The minimum absolute atomic E-state index is 0.494. The van der Waals surface area contributed by atoms with Gasteiger partial charge in [0.1, 0.15) is 11.4 Å². The van der Waals surface area contributed by atoms with Crippen LogP contribution in [0.25, 0.3) is 11.3 Å². The fraction of sp³-hybridized carbons (Fsp3) is 0.333. The topological polar surface area (TPSA) is 86.5 Å². The van der Waals surface area contributed by atoms with Crippen molar-refractivity contribution in [2.24, 2.45) is 0 Å². The van der Waals surface area contributed by atoms with Crippen molar-refractivity contribution in [3.05, 3.63) is 23.6 Å². The van der Waals surface area contributed by atoms with E-state index in [0.717, 1.165) is 11.3 Å². The molecule has 1 aromatic carbocycles. The second-order valence-corrected chi connectivity index (χ2v) is 6.50. The zero-order valence-corrected chi connectivity index (χ0v) is 13.8. The van der Waals surface area contributed by atoms with Gasteiger partial charge in [0.05, 0.1) is 12.8 Å². The largest absolute Gasteiger partial charge is 0.496 e. The first kappa shape index (κ1) is 16.1. The molecular weight excluding hydrogens is 302 g/mol. The summed E-state index contributed by atoms with van der Waals surface area (Å²) >= 11 is 1.36. The normalized spacial score (nSPS) is 11.1. The van der Waals surface area contributed by atoms with E-state index in [1.165, 1.54) is 11.3 Å². The van der Waals surface area contributed by atoms with Crippen LogP contribution in [-0.4, -0.2) is 23.8 Å². The Morgan fingerprint density at radius 3 is 2.64 bits per heavy atom. The lowest BCUT2D eigenvalue weighted by atomic mass is 10.1. The Labute approximate surface area is 133 Å². The Kier molecular flexibility index (Phi) is 4.56. The van der Waals surface area contributed by atoms with Crippen LogP contribution in [0.4, 0.5) is 15.6 Å². The third-order valence-corrected chi connectivity index (χ3v) is 3.32. The van der Waals surface area contributed by atoms with Crippen molar-refractivity contribution in [3.63, 3.8) is 0 Å². The highest BCUT2D eigenvalue weighted by atomic mass is 32.1. The fourth-order valence-electron chi connectivity index (χ4n) is 1.81. The van der Waals surface area contributed by atoms with Crippen molar-refractivity contribution in [1.29, 1.82) is 0 Å². The standard InChI is InChI=1S/C15H19N3O3S/c1-15(2,3)21-14(19)17-9-5-6-10(12(7-9)20-4)11-8-22-13(16)18-11/h5-8H,1-4H3,(H2,16,18)(H,17,19). The summed E-state index contributed by atoms with van der Waals surface area (Å²) in [5, 5.41) is 5.02. The van der Waals surface area contributed by atoms with E-state index in [4.69, 9.17) is 15.2 Å². The van der Waals surface area contributed by atoms with Crippen LogP contribution >= 0.6 is 11.3 Å². The van der Waals surface area contributed by atoms with E-state index in [9.17, 15) is 4.79 Å². The molecule has 0 spiro atoms. The average molecular weight is 321 g/mol. The predicted molar refractivity (Wildman–Crippen MR) is 88.4 cm³/mol. The first-order valence-corrected chi connectivity index (χ1v) is 7.56. The second-order valence-electron chi connectivity index (χ2n) is 5.61. The molecule has 1 amide bonds. The minimum atomic E-state index is -0.549.